The second-order valence-corrected chi connectivity index (χ2v) is 32.2. The molecule has 708 valence electrons. The fourth-order valence-corrected chi connectivity index (χ4v) is 14.8. The van der Waals surface area contributed by atoms with Crippen molar-refractivity contribution in [2.24, 2.45) is 0 Å². The summed E-state index contributed by atoms with van der Waals surface area (Å²) in [5.74, 6) is 7.81. The van der Waals surface area contributed by atoms with Gasteiger partial charge in [-0.3, -0.25) is 14.7 Å². The number of anilines is 8. The molecular weight excluding hydrogens is 1780 g/mol. The molecule has 7 heterocycles. The number of nitrogens with one attached hydrogen (secondary N) is 5. The number of rotatable bonds is 38. The van der Waals surface area contributed by atoms with Crippen LogP contribution in [0.1, 0.15) is 67.7 Å². The first kappa shape index (κ1) is 103. The first-order chi connectivity index (χ1) is 64.5. The quantitative estimate of drug-likeness (QED) is 0.0178. The van der Waals surface area contributed by atoms with E-state index in [-0.39, 0.29) is 27.2 Å². The van der Waals surface area contributed by atoms with Gasteiger partial charge >= 0.3 is 0 Å². The normalized spacial score (nSPS) is 13.8. The van der Waals surface area contributed by atoms with Crippen molar-refractivity contribution in [3.63, 3.8) is 0 Å². The number of fused-ring (bicyclic) bond motifs is 4. The number of methoxy groups -OCH3 is 4. The van der Waals surface area contributed by atoms with Gasteiger partial charge in [0.1, 0.15) is 85.4 Å². The number of morpholine rings is 3. The van der Waals surface area contributed by atoms with E-state index in [1.54, 1.807) is 70.8 Å². The Morgan fingerprint density at radius 1 is 0.424 bits per heavy atom. The minimum Gasteiger partial charge on any atom is -0.493 e. The zero-order valence-electron chi connectivity index (χ0n) is 76.7. The average Bonchev–Trinajstić information content (AvgIpc) is 0.805. The minimum absolute atomic E-state index is 0.0243. The van der Waals surface area contributed by atoms with Crippen LogP contribution in [0.3, 0.4) is 0 Å². The third-order valence-electron chi connectivity index (χ3n) is 20.6. The highest BCUT2D eigenvalue weighted by Gasteiger charge is 2.24. The predicted molar refractivity (Wildman–Crippen MR) is 523 cm³/mol. The monoisotopic (exact) mass is 1890 g/mol. The van der Waals surface area contributed by atoms with E-state index in [0.29, 0.717) is 130 Å². The van der Waals surface area contributed by atoms with Gasteiger partial charge in [0.2, 0.25) is 0 Å². The first-order valence-electron chi connectivity index (χ1n) is 44.2. The summed E-state index contributed by atoms with van der Waals surface area (Å²) in [6.45, 7) is 30.7. The van der Waals surface area contributed by atoms with Gasteiger partial charge in [-0.25, -0.2) is 53.0 Å². The van der Waals surface area contributed by atoms with E-state index in [1.807, 2.05) is 120 Å². The third-order valence-corrected chi connectivity index (χ3v) is 22.4. The van der Waals surface area contributed by atoms with Crippen molar-refractivity contribution in [3.8, 4) is 46.0 Å². The Morgan fingerprint density at radius 3 is 1.17 bits per heavy atom. The molecule has 8 aromatic carbocycles. The highest BCUT2D eigenvalue weighted by Crippen LogP contribution is 2.41. The largest absolute Gasteiger partial charge is 0.493 e. The van der Waals surface area contributed by atoms with Gasteiger partial charge in [0.25, 0.3) is 0 Å². The second-order valence-electron chi connectivity index (χ2n) is 29.6. The molecule has 3 aliphatic rings. The van der Waals surface area contributed by atoms with Gasteiger partial charge in [0.15, 0.2) is 46.0 Å². The molecule has 28 nitrogen and oxygen atoms in total. The zero-order chi connectivity index (χ0) is 93.8. The third kappa shape index (κ3) is 32.0. The molecule has 2 unspecified atom stereocenters. The highest BCUT2D eigenvalue weighted by atomic mass is 35.5. The van der Waals surface area contributed by atoms with Gasteiger partial charge in [-0.05, 0) is 137 Å². The molecule has 0 radical (unpaired) electrons. The van der Waals surface area contributed by atoms with Crippen molar-refractivity contribution < 1.29 is 70.0 Å². The summed E-state index contributed by atoms with van der Waals surface area (Å²) in [6.07, 6.45) is 13.0. The number of benzene rings is 8. The topological polar surface area (TPSA) is 284 Å². The number of aromatic nitrogens is 8. The Hall–Kier alpha value is -10.9. The summed E-state index contributed by atoms with van der Waals surface area (Å²) in [6, 6.07) is 38.2. The minimum atomic E-state index is -0.485. The first-order valence-corrected chi connectivity index (χ1v) is 46.5. The van der Waals surface area contributed by atoms with Crippen molar-refractivity contribution in [3.05, 3.63) is 203 Å². The number of unbranched alkanes of at least 4 members (excludes halogenated alkanes) is 1. The lowest BCUT2D eigenvalue weighted by molar-refractivity contribution is -0.0244. The van der Waals surface area contributed by atoms with E-state index >= 15 is 0 Å². The van der Waals surface area contributed by atoms with Gasteiger partial charge in [0.05, 0.1) is 124 Å². The van der Waals surface area contributed by atoms with Crippen LogP contribution in [-0.2, 0) is 18.9 Å². The second kappa shape index (κ2) is 56.2. The van der Waals surface area contributed by atoms with Gasteiger partial charge < -0.3 is 83.4 Å². The van der Waals surface area contributed by atoms with E-state index in [9.17, 15) is 13.2 Å². The molecule has 35 heteroatoms. The zero-order valence-corrected chi connectivity index (χ0v) is 79.8. The number of halogens is 6. The molecule has 132 heavy (non-hydrogen) atoms. The van der Waals surface area contributed by atoms with Crippen LogP contribution in [0.15, 0.2) is 171 Å². The van der Waals surface area contributed by atoms with Crippen molar-refractivity contribution in [2.75, 3.05) is 199 Å². The molecule has 0 aliphatic carbocycles. The lowest BCUT2D eigenvalue weighted by atomic mass is 10.2. The molecule has 0 saturated carbocycles. The molecule has 5 N–H and O–H groups in total. The smallest absolute Gasteiger partial charge is 0.162 e. The Kier molecular flexibility index (Phi) is 44.0. The predicted octanol–water partition coefficient (Wildman–Crippen LogP) is 20.3. The lowest BCUT2D eigenvalue weighted by Gasteiger charge is -2.31. The SMILES string of the molecule is C/C=C/C.CC.CCCCNC(COc1cc2c(Nc3ccc(F)c(Cl)c3)ncnc2cc1OC)CN1CCOCC1.CCOC(COc1cc2c(Nc3ccc(F)c(Cl)c3)ncnc2cc1OC)CN1CCOCC1.CCSCCOc1cc2c(Nc3ccc(F)c(Cl)c3)ncnc2cc1OC.COc1cc2ncnc(Nc3ccccc3)c2cc1OCCCN1CCOCC1. The Bertz CT molecular complexity index is 5550. The van der Waals surface area contributed by atoms with Crippen LogP contribution in [0.2, 0.25) is 15.1 Å². The van der Waals surface area contributed by atoms with E-state index < -0.39 is 17.5 Å². The molecule has 3 saturated heterocycles. The molecule has 3 aliphatic heterocycles. The number of hydrogen-bond donors (Lipinski definition) is 5. The van der Waals surface area contributed by atoms with Crippen LogP contribution in [0.4, 0.5) is 59.2 Å². The molecule has 0 spiro atoms. The van der Waals surface area contributed by atoms with Crippen molar-refractivity contribution >= 4 is 136 Å². The van der Waals surface area contributed by atoms with E-state index in [4.69, 9.17) is 91.6 Å². The maximum absolute atomic E-state index is 13.6. The molecule has 4 aromatic heterocycles. The summed E-state index contributed by atoms with van der Waals surface area (Å²) in [7, 11) is 6.43. The summed E-state index contributed by atoms with van der Waals surface area (Å²) < 4.78 is 109. The van der Waals surface area contributed by atoms with Gasteiger partial charge in [0, 0.05) is 140 Å². The average molecular weight is 1900 g/mol. The Balaban J connectivity index is 0.000000180. The summed E-state index contributed by atoms with van der Waals surface area (Å²) in [5.41, 5.74) is 5.68. The Morgan fingerprint density at radius 2 is 0.795 bits per heavy atom. The van der Waals surface area contributed by atoms with E-state index in [0.717, 1.165) is 174 Å². The summed E-state index contributed by atoms with van der Waals surface area (Å²) >= 11 is 19.5. The molecule has 2 atom stereocenters. The highest BCUT2D eigenvalue weighted by molar-refractivity contribution is 7.99. The van der Waals surface area contributed by atoms with Crippen LogP contribution in [0.25, 0.3) is 43.6 Å². The molecule has 0 bridgehead atoms. The van der Waals surface area contributed by atoms with Crippen molar-refractivity contribution in [1.29, 1.82) is 0 Å². The Labute approximate surface area is 790 Å². The van der Waals surface area contributed by atoms with Crippen molar-refractivity contribution in [2.45, 2.75) is 79.9 Å². The maximum Gasteiger partial charge on any atom is 0.162 e. The molecule has 0 amide bonds. The molecular formula is C97H120Cl3F3N16O12S. The number of para-hydroxylation sites is 1. The van der Waals surface area contributed by atoms with Gasteiger partial charge in [-0.1, -0.05) is 99.3 Å². The molecule has 3 fully saturated rings. The lowest BCUT2D eigenvalue weighted by Crippen LogP contribution is -2.48. The van der Waals surface area contributed by atoms with Crippen LogP contribution in [-0.4, -0.2) is 245 Å². The van der Waals surface area contributed by atoms with Crippen LogP contribution in [0.5, 0.6) is 46.0 Å². The standard InChI is InChI=1S/C26H33ClFN5O3.C24H28ClFN4O4.C22H26N4O3.C19H19ClFN3O2S.C4H8.C2H6/c1-3-4-7-29-19(15-33-8-10-35-11-9-33)16-36-25-13-20-23(14-24(25)34-2)30-17-31-26(20)32-18-5-6-22(28)21(27)12-18;1-3-33-17(13-30-6-8-32-9-7-30)14-34-23-11-18-21(12-22(23)31-2)27-15-28-24(18)29-16-4-5-20(26)19(25)10-16;1-27-20-15-19-18(22(24-16-23-19)25-17-6-3-2-4-7-17)14-21(20)29-11-5-8-26-9-12-28-13-10-26;1-3-27-7-6-26-18-9-13-16(10-17(18)25-2)22-11-23-19(13)24-12-4-5-15(21)14(20)8-12;1-3-4-2;1-2/h5-6,12-14,17,19,29H,3-4,7-11,15-16H2,1-2H3,(H,30,31,32);4-5,10-12,15,17H,3,6-9,13-14H2,1-2H3,(H,27,28,29);2-4,6-7,14-16H,5,8-13H2,1H3,(H,23,24,25);4-5,8-11H,3,6-7H2,1-2H3,(H,22,23,24);3-4H,1-2H3;1-2H3/b;;;;4-3+;. The fourth-order valence-electron chi connectivity index (χ4n) is 13.8. The summed E-state index contributed by atoms with van der Waals surface area (Å²) in [5, 5.41) is 19.7. The van der Waals surface area contributed by atoms with Crippen LogP contribution >= 0.6 is 46.6 Å². The van der Waals surface area contributed by atoms with Gasteiger partial charge in [-0.2, -0.15) is 11.8 Å². The number of ether oxygens (including phenoxy) is 12. The molecule has 15 rings (SSSR count). The number of thioether (sulfide) groups is 1. The summed E-state index contributed by atoms with van der Waals surface area (Å²) in [4.78, 5) is 42.0. The van der Waals surface area contributed by atoms with E-state index in [2.05, 4.69) is 95.0 Å². The number of hydrogen-bond acceptors (Lipinski definition) is 29. The number of nitrogens with zero attached hydrogens (tertiary/aromatic N) is 11. The van der Waals surface area contributed by atoms with Crippen LogP contribution in [0, 0.1) is 17.5 Å². The van der Waals surface area contributed by atoms with Crippen LogP contribution < -0.4 is 64.5 Å². The van der Waals surface area contributed by atoms with E-state index in [1.165, 1.54) is 55.4 Å². The fraction of sp³-hybridized carbons (Fsp3) is 0.402. The van der Waals surface area contributed by atoms with Gasteiger partial charge in [-0.15, -0.1) is 0 Å². The maximum atomic E-state index is 13.6. The molecule has 12 aromatic rings. The van der Waals surface area contributed by atoms with Crippen molar-refractivity contribution in [1.82, 2.24) is 59.9 Å². The number of allylic oxidation sites excluding steroid dienone is 2.